The van der Waals surface area contributed by atoms with Crippen LogP contribution in [-0.2, 0) is 0 Å². The molecule has 12 heavy (non-hydrogen) atoms. The average Bonchev–Trinajstić information content (AvgIpc) is 2.83. The van der Waals surface area contributed by atoms with Gasteiger partial charge in [-0.3, -0.25) is 0 Å². The topological polar surface area (TPSA) is 0 Å². The van der Waals surface area contributed by atoms with Crippen molar-refractivity contribution in [2.75, 3.05) is 4.43 Å². The van der Waals surface area contributed by atoms with E-state index in [9.17, 15) is 0 Å². The Balaban J connectivity index is 2.50. The molecule has 2 atom stereocenters. The van der Waals surface area contributed by atoms with Gasteiger partial charge in [0.2, 0.25) is 0 Å². The van der Waals surface area contributed by atoms with E-state index in [-0.39, 0.29) is 0 Å². The van der Waals surface area contributed by atoms with Gasteiger partial charge in [0.05, 0.1) is 0 Å². The number of hydrogen-bond donors (Lipinski definition) is 0. The van der Waals surface area contributed by atoms with Crippen molar-refractivity contribution in [1.29, 1.82) is 0 Å². The number of rotatable bonds is 5. The number of alkyl halides is 2. The maximum atomic E-state index is 2.47. The predicted molar refractivity (Wildman–Crippen MR) is 51.1 cm³/mol. The Labute approximate surface area is 87.8 Å². The first-order valence-corrected chi connectivity index (χ1v) is 7.96. The van der Waals surface area contributed by atoms with Gasteiger partial charge < -0.3 is 0 Å². The third-order valence-corrected chi connectivity index (χ3v) is 6.05. The molecule has 0 nitrogen and oxygen atoms in total. The quantitative estimate of drug-likeness (QED) is 0.502. The van der Waals surface area contributed by atoms with Crippen molar-refractivity contribution in [2.45, 2.75) is 50.9 Å². The number of halogens is 1. The summed E-state index contributed by atoms with van der Waals surface area (Å²) < 4.78 is 2.81. The van der Waals surface area contributed by atoms with E-state index in [0.717, 1.165) is 5.92 Å². The van der Waals surface area contributed by atoms with E-state index in [2.05, 4.69) is 27.7 Å². The summed E-state index contributed by atoms with van der Waals surface area (Å²) in [6, 6.07) is 0. The van der Waals surface area contributed by atoms with Crippen LogP contribution in [0.25, 0.3) is 0 Å². The summed E-state index contributed by atoms with van der Waals surface area (Å²) in [6.45, 7) is 9.62. The molecule has 74 valence electrons. The van der Waals surface area contributed by atoms with E-state index >= 15 is 0 Å². The standard InChI is InChI=1S/C11H22I/c1-5-7-9(10-8-12-10)11(3,4)6-2/h9-10H,5-8H2,1-4H3/q-1. The molecule has 1 heteroatoms. The van der Waals surface area contributed by atoms with Gasteiger partial charge in [-0.05, 0) is 0 Å². The second-order valence-electron chi connectivity index (χ2n) is 4.56. The molecule has 0 amide bonds. The molecular weight excluding hydrogens is 259 g/mol. The van der Waals surface area contributed by atoms with Crippen LogP contribution in [0.3, 0.4) is 0 Å². The molecule has 0 aromatic heterocycles. The number of hydrogen-bond acceptors (Lipinski definition) is 0. The van der Waals surface area contributed by atoms with E-state index in [1.54, 1.807) is 4.43 Å². The molecule has 1 heterocycles. The summed E-state index contributed by atoms with van der Waals surface area (Å²) in [5.41, 5.74) is 0.622. The van der Waals surface area contributed by atoms with Gasteiger partial charge in [-0.15, -0.1) is 0 Å². The first-order chi connectivity index (χ1) is 5.61. The van der Waals surface area contributed by atoms with Crippen LogP contribution in [0, 0.1) is 11.3 Å². The average molecular weight is 281 g/mol. The Morgan fingerprint density at radius 1 is 1.42 bits per heavy atom. The van der Waals surface area contributed by atoms with Gasteiger partial charge in [0, 0.05) is 0 Å². The van der Waals surface area contributed by atoms with Crippen LogP contribution in [0.15, 0.2) is 0 Å². The second kappa shape index (κ2) is 4.30. The van der Waals surface area contributed by atoms with Gasteiger partial charge in [0.15, 0.2) is 0 Å². The summed E-state index contributed by atoms with van der Waals surface area (Å²) in [4.78, 5) is 0. The molecule has 0 N–H and O–H groups in total. The van der Waals surface area contributed by atoms with Crippen LogP contribution >= 0.6 is 0 Å². The fourth-order valence-electron chi connectivity index (χ4n) is 1.90. The zero-order chi connectivity index (χ0) is 9.19. The Kier molecular flexibility index (Phi) is 3.87. The van der Waals surface area contributed by atoms with Crippen molar-refractivity contribution in [3.8, 4) is 0 Å². The van der Waals surface area contributed by atoms with E-state index in [1.165, 1.54) is 23.2 Å². The van der Waals surface area contributed by atoms with Gasteiger partial charge in [0.25, 0.3) is 0 Å². The van der Waals surface area contributed by atoms with Gasteiger partial charge in [0.1, 0.15) is 0 Å². The molecule has 0 aromatic rings. The molecule has 2 unspecified atom stereocenters. The van der Waals surface area contributed by atoms with Crippen molar-refractivity contribution >= 4 is 0 Å². The molecule has 0 bridgehead atoms. The summed E-state index contributed by atoms with van der Waals surface area (Å²) in [7, 11) is 0. The zero-order valence-corrected chi connectivity index (χ0v) is 11.0. The van der Waals surface area contributed by atoms with Crippen molar-refractivity contribution in [3.63, 3.8) is 0 Å². The van der Waals surface area contributed by atoms with Crippen LogP contribution in [0.5, 0.6) is 0 Å². The van der Waals surface area contributed by atoms with E-state index in [0.29, 0.717) is 26.6 Å². The van der Waals surface area contributed by atoms with E-state index < -0.39 is 0 Å². The fourth-order valence-corrected chi connectivity index (χ4v) is 4.76. The third kappa shape index (κ3) is 2.61. The Morgan fingerprint density at radius 3 is 2.33 bits per heavy atom. The first kappa shape index (κ1) is 10.8. The summed E-state index contributed by atoms with van der Waals surface area (Å²) in [5.74, 6) is 1.06. The minimum atomic E-state index is 0.622. The minimum absolute atomic E-state index is 0.622. The predicted octanol–water partition coefficient (Wildman–Crippen LogP) is 0.310. The molecule has 0 aliphatic carbocycles. The van der Waals surface area contributed by atoms with Crippen molar-refractivity contribution in [3.05, 3.63) is 0 Å². The van der Waals surface area contributed by atoms with Gasteiger partial charge in [-0.1, -0.05) is 0 Å². The van der Waals surface area contributed by atoms with Crippen molar-refractivity contribution < 1.29 is 21.2 Å². The molecule has 0 saturated carbocycles. The van der Waals surface area contributed by atoms with Crippen LogP contribution in [0.2, 0.25) is 0 Å². The molecule has 1 saturated heterocycles. The molecule has 0 radical (unpaired) electrons. The summed E-state index contributed by atoms with van der Waals surface area (Å²) in [5, 5.41) is 0. The first-order valence-electron chi connectivity index (χ1n) is 5.19. The summed E-state index contributed by atoms with van der Waals surface area (Å²) >= 11 is 0.649. The van der Waals surface area contributed by atoms with E-state index in [4.69, 9.17) is 0 Å². The molecule has 1 fully saturated rings. The van der Waals surface area contributed by atoms with Crippen LogP contribution in [-0.4, -0.2) is 8.35 Å². The Morgan fingerprint density at radius 2 is 2.00 bits per heavy atom. The van der Waals surface area contributed by atoms with Crippen molar-refractivity contribution in [1.82, 2.24) is 0 Å². The molecule has 1 aliphatic heterocycles. The van der Waals surface area contributed by atoms with Gasteiger partial charge in [-0.2, -0.15) is 0 Å². The molecule has 1 aliphatic rings. The SMILES string of the molecule is CCCC(C1C[I-]1)C(C)(C)CC. The maximum absolute atomic E-state index is 2.47. The van der Waals surface area contributed by atoms with E-state index in [1.807, 2.05) is 0 Å². The van der Waals surface area contributed by atoms with Crippen LogP contribution in [0.1, 0.15) is 47.0 Å². The third-order valence-electron chi connectivity index (χ3n) is 3.28. The molecule has 0 spiro atoms. The molecule has 1 rings (SSSR count). The second-order valence-corrected chi connectivity index (χ2v) is 7.92. The normalized spacial score (nSPS) is 26.2. The Hall–Kier alpha value is 0.730. The van der Waals surface area contributed by atoms with Crippen LogP contribution < -0.4 is 21.2 Å². The molecular formula is C11H22I-. The monoisotopic (exact) mass is 281 g/mol. The van der Waals surface area contributed by atoms with Crippen LogP contribution in [0.4, 0.5) is 0 Å². The van der Waals surface area contributed by atoms with Gasteiger partial charge >= 0.3 is 87.8 Å². The fraction of sp³-hybridized carbons (Fsp3) is 1.00. The Bertz CT molecular complexity index is 136. The zero-order valence-electron chi connectivity index (χ0n) is 8.86. The van der Waals surface area contributed by atoms with Gasteiger partial charge in [-0.25, -0.2) is 0 Å². The van der Waals surface area contributed by atoms with Crippen molar-refractivity contribution in [2.24, 2.45) is 11.3 Å². The summed E-state index contributed by atoms with van der Waals surface area (Å²) in [6.07, 6.45) is 4.22. The molecule has 0 aromatic carbocycles.